The Morgan fingerprint density at radius 1 is 0.417 bits per heavy atom. The SMILES string of the molecule is C1=Cc2ccc3ccc(-c4ccc5oc6cccc(-c7ccc(-c8nc(-c9ccccc9)nc(-c9cccc%10oc%11ccccc%11c9%10)n8)cc7)c6c5c4)c4c3c2C(=CC4)C1. The van der Waals surface area contributed by atoms with E-state index in [9.17, 15) is 0 Å². The molecule has 5 nitrogen and oxygen atoms in total. The number of nitrogens with zero attached hydrogens (tertiary/aromatic N) is 3. The molecule has 0 fully saturated rings. The zero-order chi connectivity index (χ0) is 39.3. The van der Waals surface area contributed by atoms with E-state index in [0.29, 0.717) is 17.5 Å². The molecule has 0 atom stereocenters. The maximum Gasteiger partial charge on any atom is 0.164 e. The first-order chi connectivity index (χ1) is 29.7. The lowest BCUT2D eigenvalue weighted by atomic mass is 9.79. The Labute approximate surface area is 344 Å². The van der Waals surface area contributed by atoms with Crippen molar-refractivity contribution in [2.75, 3.05) is 0 Å². The minimum absolute atomic E-state index is 0.597. The Morgan fingerprint density at radius 3 is 1.90 bits per heavy atom. The first-order valence-corrected chi connectivity index (χ1v) is 20.4. The van der Waals surface area contributed by atoms with Crippen LogP contribution in [0.15, 0.2) is 179 Å². The maximum absolute atomic E-state index is 6.52. The number of rotatable bonds is 5. The molecule has 3 heterocycles. The first kappa shape index (κ1) is 33.1. The van der Waals surface area contributed by atoms with Crippen LogP contribution in [0.3, 0.4) is 0 Å². The van der Waals surface area contributed by atoms with Crippen LogP contribution in [0.4, 0.5) is 0 Å². The molecule has 3 aromatic heterocycles. The van der Waals surface area contributed by atoms with E-state index in [-0.39, 0.29) is 0 Å². The molecule has 13 rings (SSSR count). The molecule has 0 saturated carbocycles. The zero-order valence-electron chi connectivity index (χ0n) is 32.3. The lowest BCUT2D eigenvalue weighted by Crippen LogP contribution is -2.04. The predicted molar refractivity (Wildman–Crippen MR) is 244 cm³/mol. The molecule has 0 unspecified atom stereocenters. The average Bonchev–Trinajstić information content (AvgIpc) is 3.89. The van der Waals surface area contributed by atoms with Crippen molar-refractivity contribution in [2.24, 2.45) is 0 Å². The molecule has 5 heteroatoms. The molecule has 0 amide bonds. The zero-order valence-corrected chi connectivity index (χ0v) is 32.3. The standard InChI is InChI=1S/C55H33N3O2/c1-2-9-36(10-3-1)53-56-54(58-55(57-53)43-15-8-18-48-52(43)42-13-4-5-16-45(42)59-48)37-23-19-32(20-24-37)40-14-7-17-47-51(40)44-31-38(27-30-46(44)60-47)39-28-25-35-22-21-33-11-6-12-34-26-29-41(39)50(35)49(33)34/h1-11,13-28,30-31H,12,29H2. The average molecular weight is 768 g/mol. The molecule has 2 aliphatic rings. The summed E-state index contributed by atoms with van der Waals surface area (Å²) in [4.78, 5) is 15.2. The summed E-state index contributed by atoms with van der Waals surface area (Å²) in [6.07, 6.45) is 8.93. The van der Waals surface area contributed by atoms with E-state index in [1.54, 1.807) is 0 Å². The third-order valence-corrected chi connectivity index (χ3v) is 12.4. The van der Waals surface area contributed by atoms with Crippen molar-refractivity contribution in [1.29, 1.82) is 0 Å². The highest BCUT2D eigenvalue weighted by Gasteiger charge is 2.23. The van der Waals surface area contributed by atoms with Gasteiger partial charge >= 0.3 is 0 Å². The molecular weight excluding hydrogens is 735 g/mol. The lowest BCUT2D eigenvalue weighted by molar-refractivity contribution is 0.668. The normalized spacial score (nSPS) is 13.2. The molecule has 0 spiro atoms. The number of hydrogen-bond acceptors (Lipinski definition) is 5. The van der Waals surface area contributed by atoms with Crippen molar-refractivity contribution in [2.45, 2.75) is 12.8 Å². The van der Waals surface area contributed by atoms with E-state index in [2.05, 4.69) is 115 Å². The molecule has 0 aliphatic heterocycles. The van der Waals surface area contributed by atoms with E-state index in [0.717, 1.165) is 84.5 Å². The van der Waals surface area contributed by atoms with Crippen molar-refractivity contribution >= 4 is 66.3 Å². The van der Waals surface area contributed by atoms with Crippen molar-refractivity contribution in [3.63, 3.8) is 0 Å². The van der Waals surface area contributed by atoms with Crippen LogP contribution in [-0.4, -0.2) is 15.0 Å². The highest BCUT2D eigenvalue weighted by Crippen LogP contribution is 2.45. The van der Waals surface area contributed by atoms with Crippen molar-refractivity contribution < 1.29 is 8.83 Å². The van der Waals surface area contributed by atoms with Crippen LogP contribution < -0.4 is 0 Å². The van der Waals surface area contributed by atoms with E-state index < -0.39 is 0 Å². The number of hydrogen-bond donors (Lipinski definition) is 0. The van der Waals surface area contributed by atoms with Crippen LogP contribution in [0.25, 0.3) is 123 Å². The number of fused-ring (bicyclic) bond motifs is 6. The topological polar surface area (TPSA) is 65.0 Å². The molecule has 8 aromatic carbocycles. The van der Waals surface area contributed by atoms with Gasteiger partial charge in [0.05, 0.1) is 0 Å². The Bertz CT molecular complexity index is 3650. The smallest absolute Gasteiger partial charge is 0.164 e. The van der Waals surface area contributed by atoms with Gasteiger partial charge in [0.2, 0.25) is 0 Å². The molecule has 0 bridgehead atoms. The quantitative estimate of drug-likeness (QED) is 0.174. The summed E-state index contributed by atoms with van der Waals surface area (Å²) >= 11 is 0. The van der Waals surface area contributed by atoms with Gasteiger partial charge in [0.25, 0.3) is 0 Å². The first-order valence-electron chi connectivity index (χ1n) is 20.4. The summed E-state index contributed by atoms with van der Waals surface area (Å²) in [5, 5.41) is 6.94. The number of allylic oxidation sites excluding steroid dienone is 3. The van der Waals surface area contributed by atoms with E-state index in [1.807, 2.05) is 60.7 Å². The van der Waals surface area contributed by atoms with Gasteiger partial charge in [-0.2, -0.15) is 0 Å². The molecular formula is C55H33N3O2. The van der Waals surface area contributed by atoms with Gasteiger partial charge in [-0.3, -0.25) is 0 Å². The number of benzene rings is 8. The Morgan fingerprint density at radius 2 is 1.07 bits per heavy atom. The monoisotopic (exact) mass is 767 g/mol. The highest BCUT2D eigenvalue weighted by atomic mass is 16.3. The Hall–Kier alpha value is -7.89. The minimum Gasteiger partial charge on any atom is -0.456 e. The summed E-state index contributed by atoms with van der Waals surface area (Å²) < 4.78 is 12.8. The van der Waals surface area contributed by atoms with Crippen LogP contribution in [0.1, 0.15) is 23.1 Å². The molecule has 0 N–H and O–H groups in total. The van der Waals surface area contributed by atoms with Gasteiger partial charge in [-0.15, -0.1) is 0 Å². The maximum atomic E-state index is 6.52. The van der Waals surface area contributed by atoms with E-state index >= 15 is 0 Å². The summed E-state index contributed by atoms with van der Waals surface area (Å²) in [5.41, 5.74) is 16.4. The molecule has 280 valence electrons. The summed E-state index contributed by atoms with van der Waals surface area (Å²) in [6, 6.07) is 55.0. The Kier molecular flexibility index (Phi) is 7.07. The highest BCUT2D eigenvalue weighted by molar-refractivity contribution is 6.14. The second kappa shape index (κ2) is 12.8. The second-order valence-electron chi connectivity index (χ2n) is 15.8. The summed E-state index contributed by atoms with van der Waals surface area (Å²) in [5.74, 6) is 1.81. The lowest BCUT2D eigenvalue weighted by Gasteiger charge is -2.25. The molecule has 0 saturated heterocycles. The van der Waals surface area contributed by atoms with Crippen molar-refractivity contribution in [3.8, 4) is 56.4 Å². The summed E-state index contributed by atoms with van der Waals surface area (Å²) in [7, 11) is 0. The fourth-order valence-corrected chi connectivity index (χ4v) is 9.64. The second-order valence-corrected chi connectivity index (χ2v) is 15.8. The largest absolute Gasteiger partial charge is 0.456 e. The van der Waals surface area contributed by atoms with Crippen molar-refractivity contribution in [3.05, 3.63) is 187 Å². The van der Waals surface area contributed by atoms with E-state index in [4.69, 9.17) is 23.8 Å². The van der Waals surface area contributed by atoms with Crippen LogP contribution in [0.2, 0.25) is 0 Å². The molecule has 60 heavy (non-hydrogen) atoms. The van der Waals surface area contributed by atoms with Gasteiger partial charge in [0, 0.05) is 38.2 Å². The predicted octanol–water partition coefficient (Wildman–Crippen LogP) is 14.5. The summed E-state index contributed by atoms with van der Waals surface area (Å²) in [6.45, 7) is 0. The van der Waals surface area contributed by atoms with E-state index in [1.165, 1.54) is 44.2 Å². The third kappa shape index (κ3) is 5.02. The van der Waals surface area contributed by atoms with Gasteiger partial charge in [-0.1, -0.05) is 146 Å². The van der Waals surface area contributed by atoms with Crippen LogP contribution in [-0.2, 0) is 6.42 Å². The Balaban J connectivity index is 0.929. The van der Waals surface area contributed by atoms with Gasteiger partial charge in [-0.25, -0.2) is 15.0 Å². The molecule has 2 aliphatic carbocycles. The number of para-hydroxylation sites is 1. The minimum atomic E-state index is 0.597. The fraction of sp³-hybridized carbons (Fsp3) is 0.0364. The molecule has 0 radical (unpaired) electrons. The molecule has 11 aromatic rings. The fourth-order valence-electron chi connectivity index (χ4n) is 9.64. The van der Waals surface area contributed by atoms with Gasteiger partial charge in [0.1, 0.15) is 22.3 Å². The van der Waals surface area contributed by atoms with Crippen molar-refractivity contribution in [1.82, 2.24) is 15.0 Å². The van der Waals surface area contributed by atoms with Crippen LogP contribution in [0.5, 0.6) is 0 Å². The number of furan rings is 2. The van der Waals surface area contributed by atoms with Crippen LogP contribution in [0, 0.1) is 0 Å². The van der Waals surface area contributed by atoms with Gasteiger partial charge in [0.15, 0.2) is 17.5 Å². The number of aromatic nitrogens is 3. The third-order valence-electron chi connectivity index (χ3n) is 12.4. The van der Waals surface area contributed by atoms with Crippen LogP contribution >= 0.6 is 0 Å². The van der Waals surface area contributed by atoms with Gasteiger partial charge < -0.3 is 8.83 Å². The van der Waals surface area contributed by atoms with Gasteiger partial charge in [-0.05, 0) is 98.5 Å².